The zero-order chi connectivity index (χ0) is 13.5. The molecule has 0 saturated heterocycles. The van der Waals surface area contributed by atoms with Gasteiger partial charge in [-0.3, -0.25) is 0 Å². The largest absolute Gasteiger partial charge is 0.488 e. The molecule has 0 fully saturated rings. The lowest BCUT2D eigenvalue weighted by molar-refractivity contribution is 0.168. The first-order valence-electron chi connectivity index (χ1n) is 5.89. The Kier molecular flexibility index (Phi) is 6.01. The molecule has 1 atom stereocenters. The quantitative estimate of drug-likeness (QED) is 0.764. The molecule has 0 aromatic heterocycles. The van der Waals surface area contributed by atoms with Crippen LogP contribution >= 0.6 is 0 Å². The van der Waals surface area contributed by atoms with Gasteiger partial charge in [-0.15, -0.1) is 0 Å². The summed E-state index contributed by atoms with van der Waals surface area (Å²) in [7, 11) is 1.56. The number of methoxy groups -OCH3 is 1. The van der Waals surface area contributed by atoms with E-state index in [4.69, 9.17) is 15.2 Å². The maximum Gasteiger partial charge on any atom is 0.190 e. The van der Waals surface area contributed by atoms with Gasteiger partial charge >= 0.3 is 0 Å². The zero-order valence-electron chi connectivity index (χ0n) is 10.7. The van der Waals surface area contributed by atoms with Crippen LogP contribution in [0.5, 0.6) is 5.75 Å². The minimum atomic E-state index is -0.692. The van der Waals surface area contributed by atoms with E-state index in [0.717, 1.165) is 0 Å². The molecule has 0 radical (unpaired) electrons. The summed E-state index contributed by atoms with van der Waals surface area (Å²) in [6, 6.07) is 2.38. The Morgan fingerprint density at radius 1 is 1.22 bits per heavy atom. The molecule has 5 heteroatoms. The first-order valence-corrected chi connectivity index (χ1v) is 5.89. The van der Waals surface area contributed by atoms with Crippen molar-refractivity contribution in [3.05, 3.63) is 29.3 Å². The fourth-order valence-corrected chi connectivity index (χ4v) is 1.62. The monoisotopic (exact) mass is 259 g/mol. The smallest absolute Gasteiger partial charge is 0.190 e. The van der Waals surface area contributed by atoms with Crippen LogP contribution in [0.2, 0.25) is 0 Å². The highest BCUT2D eigenvalue weighted by molar-refractivity contribution is 5.31. The zero-order valence-corrected chi connectivity index (χ0v) is 10.7. The second-order valence-electron chi connectivity index (χ2n) is 4.26. The summed E-state index contributed by atoms with van der Waals surface area (Å²) in [5.41, 5.74) is 6.12. The van der Waals surface area contributed by atoms with Gasteiger partial charge in [-0.1, -0.05) is 0 Å². The fourth-order valence-electron chi connectivity index (χ4n) is 1.62. The van der Waals surface area contributed by atoms with Gasteiger partial charge in [0.05, 0.1) is 6.61 Å². The Balaban J connectivity index is 2.68. The van der Waals surface area contributed by atoms with E-state index in [1.165, 1.54) is 12.1 Å². The Labute approximate surface area is 106 Å². The molecule has 18 heavy (non-hydrogen) atoms. The van der Waals surface area contributed by atoms with Gasteiger partial charge in [0, 0.05) is 26.2 Å². The standard InChI is InChI=1S/C13H19F2NO2/c1-9(16)6-10-7-11(14)13(12(15)8-10)18-5-3-4-17-2/h7-9H,3-6,16H2,1-2H3. The van der Waals surface area contributed by atoms with E-state index < -0.39 is 11.6 Å². The van der Waals surface area contributed by atoms with Crippen molar-refractivity contribution >= 4 is 0 Å². The first-order chi connectivity index (χ1) is 8.54. The van der Waals surface area contributed by atoms with E-state index in [2.05, 4.69) is 0 Å². The van der Waals surface area contributed by atoms with E-state index in [0.29, 0.717) is 25.0 Å². The van der Waals surface area contributed by atoms with Crippen molar-refractivity contribution in [3.63, 3.8) is 0 Å². The van der Waals surface area contributed by atoms with Gasteiger partial charge < -0.3 is 15.2 Å². The Bertz CT molecular complexity index is 360. The maximum atomic E-state index is 13.6. The molecule has 0 spiro atoms. The molecule has 1 aromatic carbocycles. The molecule has 0 aliphatic heterocycles. The van der Waals surface area contributed by atoms with Crippen LogP contribution in [-0.2, 0) is 11.2 Å². The minimum Gasteiger partial charge on any atom is -0.488 e. The maximum absolute atomic E-state index is 13.6. The highest BCUT2D eigenvalue weighted by atomic mass is 19.1. The summed E-state index contributed by atoms with van der Waals surface area (Å²) in [6.45, 7) is 2.49. The van der Waals surface area contributed by atoms with Gasteiger partial charge in [0.2, 0.25) is 0 Å². The third-order valence-corrected chi connectivity index (χ3v) is 2.35. The SMILES string of the molecule is COCCCOc1c(F)cc(CC(C)N)cc1F. The molecule has 0 bridgehead atoms. The number of rotatable bonds is 7. The highest BCUT2D eigenvalue weighted by Crippen LogP contribution is 2.24. The van der Waals surface area contributed by atoms with E-state index in [9.17, 15) is 8.78 Å². The normalized spacial score (nSPS) is 12.5. The summed E-state index contributed by atoms with van der Waals surface area (Å²) in [5.74, 6) is -1.72. The van der Waals surface area contributed by atoms with E-state index in [1.54, 1.807) is 14.0 Å². The predicted octanol–water partition coefficient (Wildman–Crippen LogP) is 2.27. The van der Waals surface area contributed by atoms with Gasteiger partial charge in [0.25, 0.3) is 0 Å². The van der Waals surface area contributed by atoms with Gasteiger partial charge in [0.1, 0.15) is 0 Å². The summed E-state index contributed by atoms with van der Waals surface area (Å²) in [4.78, 5) is 0. The number of nitrogens with two attached hydrogens (primary N) is 1. The molecular weight excluding hydrogens is 240 g/mol. The van der Waals surface area contributed by atoms with Gasteiger partial charge in [-0.2, -0.15) is 0 Å². The number of hydrogen-bond acceptors (Lipinski definition) is 3. The number of ether oxygens (including phenoxy) is 2. The molecule has 0 aliphatic rings. The third kappa shape index (κ3) is 4.58. The van der Waals surface area contributed by atoms with Crippen molar-refractivity contribution in [1.29, 1.82) is 0 Å². The Morgan fingerprint density at radius 3 is 2.33 bits per heavy atom. The molecule has 2 N–H and O–H groups in total. The van der Waals surface area contributed by atoms with E-state index in [-0.39, 0.29) is 18.4 Å². The molecular formula is C13H19F2NO2. The number of halogens is 2. The van der Waals surface area contributed by atoms with Crippen molar-refractivity contribution in [2.24, 2.45) is 5.73 Å². The molecule has 0 saturated carbocycles. The molecule has 1 aromatic rings. The van der Waals surface area contributed by atoms with Crippen LogP contribution in [0.1, 0.15) is 18.9 Å². The van der Waals surface area contributed by atoms with Gasteiger partial charge in [0.15, 0.2) is 17.4 Å². The summed E-state index contributed by atoms with van der Waals surface area (Å²) < 4.78 is 37.2. The Hall–Kier alpha value is -1.20. The van der Waals surface area contributed by atoms with Crippen molar-refractivity contribution in [2.45, 2.75) is 25.8 Å². The van der Waals surface area contributed by atoms with Crippen molar-refractivity contribution in [1.82, 2.24) is 0 Å². The van der Waals surface area contributed by atoms with Crippen molar-refractivity contribution in [3.8, 4) is 5.75 Å². The van der Waals surface area contributed by atoms with Gasteiger partial charge in [-0.05, 0) is 31.0 Å². The lowest BCUT2D eigenvalue weighted by Gasteiger charge is -2.11. The predicted molar refractivity (Wildman–Crippen MR) is 65.7 cm³/mol. The lowest BCUT2D eigenvalue weighted by atomic mass is 10.1. The minimum absolute atomic E-state index is 0.141. The van der Waals surface area contributed by atoms with Crippen LogP contribution < -0.4 is 10.5 Å². The van der Waals surface area contributed by atoms with Crippen LogP contribution in [0, 0.1) is 11.6 Å². The highest BCUT2D eigenvalue weighted by Gasteiger charge is 2.13. The summed E-state index contributed by atoms with van der Waals surface area (Å²) in [6.07, 6.45) is 1.01. The molecule has 102 valence electrons. The topological polar surface area (TPSA) is 44.5 Å². The van der Waals surface area contributed by atoms with Gasteiger partial charge in [-0.25, -0.2) is 8.78 Å². The van der Waals surface area contributed by atoms with Crippen LogP contribution in [0.4, 0.5) is 8.78 Å². The van der Waals surface area contributed by atoms with Crippen LogP contribution in [-0.4, -0.2) is 26.4 Å². The van der Waals surface area contributed by atoms with Crippen molar-refractivity contribution in [2.75, 3.05) is 20.3 Å². The lowest BCUT2D eigenvalue weighted by Crippen LogP contribution is -2.18. The van der Waals surface area contributed by atoms with Crippen LogP contribution in [0.25, 0.3) is 0 Å². The molecule has 0 heterocycles. The average Bonchev–Trinajstić information content (AvgIpc) is 2.26. The summed E-state index contributed by atoms with van der Waals surface area (Å²) in [5, 5.41) is 0. The Morgan fingerprint density at radius 2 is 1.83 bits per heavy atom. The average molecular weight is 259 g/mol. The second-order valence-corrected chi connectivity index (χ2v) is 4.26. The molecule has 1 rings (SSSR count). The van der Waals surface area contributed by atoms with Crippen LogP contribution in [0.3, 0.4) is 0 Å². The van der Waals surface area contributed by atoms with E-state index >= 15 is 0 Å². The van der Waals surface area contributed by atoms with E-state index in [1.807, 2.05) is 0 Å². The molecule has 0 aliphatic carbocycles. The number of benzene rings is 1. The fraction of sp³-hybridized carbons (Fsp3) is 0.538. The first kappa shape index (κ1) is 14.9. The molecule has 0 amide bonds. The molecule has 3 nitrogen and oxygen atoms in total. The molecule has 1 unspecified atom stereocenters. The second kappa shape index (κ2) is 7.28. The van der Waals surface area contributed by atoms with Crippen LogP contribution in [0.15, 0.2) is 12.1 Å². The van der Waals surface area contributed by atoms with Crippen molar-refractivity contribution < 1.29 is 18.3 Å². The summed E-state index contributed by atoms with van der Waals surface area (Å²) >= 11 is 0. The number of hydrogen-bond donors (Lipinski definition) is 1. The third-order valence-electron chi connectivity index (χ3n) is 2.35.